The van der Waals surface area contributed by atoms with Crippen molar-refractivity contribution in [1.29, 1.82) is 0 Å². The van der Waals surface area contributed by atoms with Crippen molar-refractivity contribution in [3.63, 3.8) is 0 Å². The van der Waals surface area contributed by atoms with Crippen molar-refractivity contribution in [3.8, 4) is 5.75 Å². The van der Waals surface area contributed by atoms with Gasteiger partial charge in [-0.1, -0.05) is 27.2 Å². The first-order chi connectivity index (χ1) is 9.06. The van der Waals surface area contributed by atoms with Crippen LogP contribution in [-0.4, -0.2) is 19.2 Å². The summed E-state index contributed by atoms with van der Waals surface area (Å²) in [5.41, 5.74) is 0. The van der Waals surface area contributed by atoms with E-state index in [1.807, 2.05) is 0 Å². The Morgan fingerprint density at radius 3 is 2.32 bits per heavy atom. The van der Waals surface area contributed by atoms with Gasteiger partial charge in [-0.15, -0.1) is 0 Å². The Balaban J connectivity index is 2.59. The summed E-state index contributed by atoms with van der Waals surface area (Å²) < 4.78 is 31.6. The van der Waals surface area contributed by atoms with Gasteiger partial charge in [0.1, 0.15) is 24.0 Å². The van der Waals surface area contributed by atoms with Crippen LogP contribution in [0.15, 0.2) is 18.2 Å². The predicted octanol–water partition coefficient (Wildman–Crippen LogP) is 3.76. The predicted molar refractivity (Wildman–Crippen MR) is 73.4 cm³/mol. The lowest BCUT2D eigenvalue weighted by Gasteiger charge is -2.24. The number of ether oxygens (including phenoxy) is 1. The Morgan fingerprint density at radius 1 is 1.16 bits per heavy atom. The van der Waals surface area contributed by atoms with E-state index < -0.39 is 11.6 Å². The van der Waals surface area contributed by atoms with Gasteiger partial charge in [-0.2, -0.15) is 0 Å². The minimum absolute atomic E-state index is 0.191. The minimum Gasteiger partial charge on any atom is -0.492 e. The third-order valence-corrected chi connectivity index (χ3v) is 3.25. The summed E-state index contributed by atoms with van der Waals surface area (Å²) in [4.78, 5) is 0. The van der Waals surface area contributed by atoms with Crippen LogP contribution in [0.5, 0.6) is 5.75 Å². The molecule has 1 aromatic carbocycles. The summed E-state index contributed by atoms with van der Waals surface area (Å²) in [5, 5.41) is 3.41. The van der Waals surface area contributed by atoms with Crippen LogP contribution in [0.4, 0.5) is 8.78 Å². The maximum Gasteiger partial charge on any atom is 0.129 e. The van der Waals surface area contributed by atoms with Crippen molar-refractivity contribution in [1.82, 2.24) is 5.32 Å². The SMILES string of the molecule is CCCNC(COc1cc(F)cc(F)c1)C(C)CC. The van der Waals surface area contributed by atoms with Crippen LogP contribution in [0.3, 0.4) is 0 Å². The number of hydrogen-bond acceptors (Lipinski definition) is 2. The Hall–Kier alpha value is -1.16. The average Bonchev–Trinajstić information content (AvgIpc) is 2.37. The molecule has 0 fully saturated rings. The highest BCUT2D eigenvalue weighted by atomic mass is 19.1. The van der Waals surface area contributed by atoms with E-state index in [2.05, 4.69) is 26.1 Å². The topological polar surface area (TPSA) is 21.3 Å². The number of rotatable bonds is 8. The molecular formula is C15H23F2NO. The Morgan fingerprint density at radius 2 is 1.79 bits per heavy atom. The zero-order chi connectivity index (χ0) is 14.3. The summed E-state index contributed by atoms with van der Waals surface area (Å²) >= 11 is 0. The van der Waals surface area contributed by atoms with Crippen LogP contribution in [0.1, 0.15) is 33.6 Å². The highest BCUT2D eigenvalue weighted by Gasteiger charge is 2.16. The summed E-state index contributed by atoms with van der Waals surface area (Å²) in [6.45, 7) is 7.69. The molecule has 1 N–H and O–H groups in total. The van der Waals surface area contributed by atoms with E-state index in [1.165, 1.54) is 12.1 Å². The number of nitrogens with one attached hydrogen (secondary N) is 1. The molecule has 0 aliphatic carbocycles. The maximum absolute atomic E-state index is 13.0. The third kappa shape index (κ3) is 5.55. The molecule has 2 unspecified atom stereocenters. The molecule has 0 saturated heterocycles. The second kappa shape index (κ2) is 8.10. The second-order valence-electron chi connectivity index (χ2n) is 4.86. The molecule has 0 aliphatic rings. The molecular weight excluding hydrogens is 248 g/mol. The first-order valence-electron chi connectivity index (χ1n) is 6.89. The molecule has 1 aromatic rings. The molecule has 108 valence electrons. The van der Waals surface area contributed by atoms with Gasteiger partial charge in [0.25, 0.3) is 0 Å². The van der Waals surface area contributed by atoms with E-state index in [0.717, 1.165) is 25.5 Å². The molecule has 0 bridgehead atoms. The van der Waals surface area contributed by atoms with Crippen LogP contribution in [0.25, 0.3) is 0 Å². The van der Waals surface area contributed by atoms with Gasteiger partial charge in [-0.3, -0.25) is 0 Å². The fraction of sp³-hybridized carbons (Fsp3) is 0.600. The van der Waals surface area contributed by atoms with Gasteiger partial charge in [0.05, 0.1) is 0 Å². The Labute approximate surface area is 114 Å². The van der Waals surface area contributed by atoms with E-state index in [9.17, 15) is 8.78 Å². The van der Waals surface area contributed by atoms with E-state index in [1.54, 1.807) is 0 Å². The van der Waals surface area contributed by atoms with Gasteiger partial charge in [0.15, 0.2) is 0 Å². The number of halogens is 2. The van der Waals surface area contributed by atoms with Gasteiger partial charge < -0.3 is 10.1 Å². The van der Waals surface area contributed by atoms with Gasteiger partial charge >= 0.3 is 0 Å². The lowest BCUT2D eigenvalue weighted by atomic mass is 10.00. The van der Waals surface area contributed by atoms with E-state index in [0.29, 0.717) is 12.5 Å². The van der Waals surface area contributed by atoms with Crippen LogP contribution in [-0.2, 0) is 0 Å². The number of benzene rings is 1. The smallest absolute Gasteiger partial charge is 0.129 e. The summed E-state index contributed by atoms with van der Waals surface area (Å²) in [6, 6.07) is 3.44. The molecule has 19 heavy (non-hydrogen) atoms. The molecule has 0 radical (unpaired) electrons. The minimum atomic E-state index is -0.614. The van der Waals surface area contributed by atoms with E-state index in [-0.39, 0.29) is 11.8 Å². The highest BCUT2D eigenvalue weighted by Crippen LogP contribution is 2.17. The summed E-state index contributed by atoms with van der Waals surface area (Å²) in [6.07, 6.45) is 2.07. The fourth-order valence-corrected chi connectivity index (χ4v) is 1.84. The van der Waals surface area contributed by atoms with Crippen LogP contribution >= 0.6 is 0 Å². The molecule has 1 rings (SSSR count). The van der Waals surface area contributed by atoms with Crippen molar-refractivity contribution in [3.05, 3.63) is 29.8 Å². The molecule has 0 aliphatic heterocycles. The lowest BCUT2D eigenvalue weighted by Crippen LogP contribution is -2.40. The molecule has 0 heterocycles. The third-order valence-electron chi connectivity index (χ3n) is 3.25. The van der Waals surface area contributed by atoms with Crippen molar-refractivity contribution in [2.75, 3.05) is 13.2 Å². The van der Waals surface area contributed by atoms with Gasteiger partial charge in [-0.05, 0) is 18.9 Å². The normalized spacial score (nSPS) is 14.2. The van der Waals surface area contributed by atoms with Gasteiger partial charge in [0, 0.05) is 24.2 Å². The molecule has 4 heteroatoms. The second-order valence-corrected chi connectivity index (χ2v) is 4.86. The Kier molecular flexibility index (Phi) is 6.78. The average molecular weight is 271 g/mol. The van der Waals surface area contributed by atoms with Gasteiger partial charge in [-0.25, -0.2) is 8.78 Å². The van der Waals surface area contributed by atoms with Gasteiger partial charge in [0.2, 0.25) is 0 Å². The molecule has 2 atom stereocenters. The molecule has 0 amide bonds. The Bertz CT molecular complexity index is 364. The van der Waals surface area contributed by atoms with E-state index in [4.69, 9.17) is 4.74 Å². The number of hydrogen-bond donors (Lipinski definition) is 1. The summed E-state index contributed by atoms with van der Waals surface area (Å²) in [5.74, 6) is -0.540. The van der Waals surface area contributed by atoms with E-state index >= 15 is 0 Å². The molecule has 0 spiro atoms. The van der Waals surface area contributed by atoms with Crippen molar-refractivity contribution < 1.29 is 13.5 Å². The quantitative estimate of drug-likeness (QED) is 0.777. The zero-order valence-corrected chi connectivity index (χ0v) is 11.9. The van der Waals surface area contributed by atoms with Crippen molar-refractivity contribution >= 4 is 0 Å². The lowest BCUT2D eigenvalue weighted by molar-refractivity contribution is 0.219. The van der Waals surface area contributed by atoms with Crippen LogP contribution < -0.4 is 10.1 Å². The largest absolute Gasteiger partial charge is 0.492 e. The maximum atomic E-state index is 13.0. The van der Waals surface area contributed by atoms with Crippen molar-refractivity contribution in [2.24, 2.45) is 5.92 Å². The zero-order valence-electron chi connectivity index (χ0n) is 11.9. The standard InChI is InChI=1S/C15H23F2NO/c1-4-6-18-15(11(3)5-2)10-19-14-8-12(16)7-13(17)9-14/h7-9,11,15,18H,4-6,10H2,1-3H3. The molecule has 0 saturated carbocycles. The molecule has 0 aromatic heterocycles. The molecule has 2 nitrogen and oxygen atoms in total. The van der Waals surface area contributed by atoms with Crippen LogP contribution in [0, 0.1) is 17.6 Å². The highest BCUT2D eigenvalue weighted by molar-refractivity contribution is 5.23. The monoisotopic (exact) mass is 271 g/mol. The van der Waals surface area contributed by atoms with Crippen molar-refractivity contribution in [2.45, 2.75) is 39.7 Å². The van der Waals surface area contributed by atoms with Crippen LogP contribution in [0.2, 0.25) is 0 Å². The first-order valence-corrected chi connectivity index (χ1v) is 6.89. The fourth-order valence-electron chi connectivity index (χ4n) is 1.84. The summed E-state index contributed by atoms with van der Waals surface area (Å²) in [7, 11) is 0. The first kappa shape index (κ1) is 15.9.